The van der Waals surface area contributed by atoms with Crippen LogP contribution in [0.25, 0.3) is 0 Å². The topological polar surface area (TPSA) is 62.4 Å². The fourth-order valence-electron chi connectivity index (χ4n) is 4.36. The van der Waals surface area contributed by atoms with Crippen LogP contribution in [-0.2, 0) is 9.53 Å². The van der Waals surface area contributed by atoms with E-state index >= 15 is 0 Å². The van der Waals surface area contributed by atoms with E-state index in [4.69, 9.17) is 4.74 Å². The molecule has 0 radical (unpaired) electrons. The Bertz CT molecular complexity index is 646. The zero-order chi connectivity index (χ0) is 18.8. The molecule has 3 rings (SSSR count). The number of hydrazine groups is 1. The number of benzene rings is 1. The van der Waals surface area contributed by atoms with Crippen molar-refractivity contribution >= 4 is 5.91 Å². The molecule has 2 saturated heterocycles. The second kappa shape index (κ2) is 8.07. The third kappa shape index (κ3) is 4.27. The standard InChI is InChI=1S/C21H33N3O2/c1-12(2)19-9-16(23-15(5)25)10-20(26-19)18-11-22-24-21(18)17-8-13(3)6-7-14(17)4/h6-8,12,16,18-22,24H,9-11H2,1-5H3,(H,23,25)/t16-,18?,19-,20+,21?/m0/s1. The smallest absolute Gasteiger partial charge is 0.217 e. The first-order chi connectivity index (χ1) is 12.3. The van der Waals surface area contributed by atoms with Gasteiger partial charge in [-0.25, -0.2) is 5.43 Å². The number of hydrogen-bond acceptors (Lipinski definition) is 4. The highest BCUT2D eigenvalue weighted by Gasteiger charge is 2.41. The maximum atomic E-state index is 11.6. The Morgan fingerprint density at radius 2 is 2.04 bits per heavy atom. The maximum Gasteiger partial charge on any atom is 0.217 e. The van der Waals surface area contributed by atoms with Crippen molar-refractivity contribution in [2.75, 3.05) is 6.54 Å². The van der Waals surface area contributed by atoms with Gasteiger partial charge in [-0.2, -0.15) is 0 Å². The van der Waals surface area contributed by atoms with Crippen molar-refractivity contribution in [3.8, 4) is 0 Å². The minimum atomic E-state index is 0.0481. The Hall–Kier alpha value is -1.43. The summed E-state index contributed by atoms with van der Waals surface area (Å²) in [7, 11) is 0. The number of nitrogens with one attached hydrogen (secondary N) is 3. The molecule has 0 spiro atoms. The van der Waals surface area contributed by atoms with E-state index in [-0.39, 0.29) is 30.2 Å². The second-order valence-corrected chi connectivity index (χ2v) is 8.35. The zero-order valence-corrected chi connectivity index (χ0v) is 16.6. The van der Waals surface area contributed by atoms with Gasteiger partial charge in [-0.15, -0.1) is 0 Å². The highest BCUT2D eigenvalue weighted by Crippen LogP contribution is 2.37. The number of hydrogen-bond donors (Lipinski definition) is 3. The van der Waals surface area contributed by atoms with E-state index in [0.717, 1.165) is 19.4 Å². The number of carbonyl (C=O) groups is 1. The minimum absolute atomic E-state index is 0.0481. The van der Waals surface area contributed by atoms with Crippen molar-refractivity contribution in [3.05, 3.63) is 34.9 Å². The third-order valence-electron chi connectivity index (χ3n) is 5.81. The molecule has 0 aromatic heterocycles. The summed E-state index contributed by atoms with van der Waals surface area (Å²) in [5.41, 5.74) is 10.7. The van der Waals surface area contributed by atoms with Crippen LogP contribution in [0.15, 0.2) is 18.2 Å². The largest absolute Gasteiger partial charge is 0.374 e. The third-order valence-corrected chi connectivity index (χ3v) is 5.81. The number of amides is 1. The molecule has 0 bridgehead atoms. The average molecular weight is 360 g/mol. The van der Waals surface area contributed by atoms with Crippen LogP contribution in [0.4, 0.5) is 0 Å². The lowest BCUT2D eigenvalue weighted by Crippen LogP contribution is -2.49. The van der Waals surface area contributed by atoms with Crippen LogP contribution in [0, 0.1) is 25.7 Å². The molecule has 5 nitrogen and oxygen atoms in total. The van der Waals surface area contributed by atoms with Crippen LogP contribution < -0.4 is 16.2 Å². The Morgan fingerprint density at radius 3 is 2.73 bits per heavy atom. The fourth-order valence-corrected chi connectivity index (χ4v) is 4.36. The highest BCUT2D eigenvalue weighted by molar-refractivity contribution is 5.73. The van der Waals surface area contributed by atoms with Gasteiger partial charge in [-0.05, 0) is 43.7 Å². The number of carbonyl (C=O) groups excluding carboxylic acids is 1. The van der Waals surface area contributed by atoms with E-state index in [2.05, 4.69) is 62.1 Å². The van der Waals surface area contributed by atoms with E-state index < -0.39 is 0 Å². The van der Waals surface area contributed by atoms with Gasteiger partial charge < -0.3 is 10.1 Å². The zero-order valence-electron chi connectivity index (χ0n) is 16.6. The normalized spacial score (nSPS) is 32.0. The number of rotatable bonds is 4. The molecule has 2 unspecified atom stereocenters. The summed E-state index contributed by atoms with van der Waals surface area (Å²) in [6.07, 6.45) is 2.08. The Labute approximate surface area is 157 Å². The van der Waals surface area contributed by atoms with Gasteiger partial charge in [0.05, 0.1) is 18.2 Å². The van der Waals surface area contributed by atoms with E-state index in [1.807, 2.05) is 0 Å². The predicted octanol–water partition coefficient (Wildman–Crippen LogP) is 2.78. The van der Waals surface area contributed by atoms with E-state index in [9.17, 15) is 4.79 Å². The molecule has 0 aliphatic carbocycles. The number of aryl methyl sites for hydroxylation is 2. The van der Waals surface area contributed by atoms with Gasteiger partial charge in [0.1, 0.15) is 0 Å². The molecule has 1 aromatic carbocycles. The molecule has 3 N–H and O–H groups in total. The van der Waals surface area contributed by atoms with Gasteiger partial charge in [-0.1, -0.05) is 37.6 Å². The molecule has 0 saturated carbocycles. The first-order valence-corrected chi connectivity index (χ1v) is 9.83. The van der Waals surface area contributed by atoms with Crippen molar-refractivity contribution < 1.29 is 9.53 Å². The van der Waals surface area contributed by atoms with Crippen LogP contribution in [0.1, 0.15) is 56.3 Å². The fraction of sp³-hybridized carbons (Fsp3) is 0.667. The monoisotopic (exact) mass is 359 g/mol. The first kappa shape index (κ1) is 19.3. The summed E-state index contributed by atoms with van der Waals surface area (Å²) in [6, 6.07) is 7.05. The van der Waals surface area contributed by atoms with Crippen LogP contribution in [0.5, 0.6) is 0 Å². The van der Waals surface area contributed by atoms with Crippen molar-refractivity contribution in [2.45, 2.75) is 71.8 Å². The summed E-state index contributed by atoms with van der Waals surface area (Å²) in [4.78, 5) is 11.6. The van der Waals surface area contributed by atoms with Gasteiger partial charge in [0.25, 0.3) is 0 Å². The molecule has 26 heavy (non-hydrogen) atoms. The molecular weight excluding hydrogens is 326 g/mol. The molecule has 1 aromatic rings. The molecule has 2 aliphatic rings. The lowest BCUT2D eigenvalue weighted by Gasteiger charge is -2.41. The minimum Gasteiger partial charge on any atom is -0.374 e. The van der Waals surface area contributed by atoms with Gasteiger partial charge in [0, 0.05) is 25.4 Å². The van der Waals surface area contributed by atoms with Crippen LogP contribution >= 0.6 is 0 Å². The summed E-state index contributed by atoms with van der Waals surface area (Å²) >= 11 is 0. The van der Waals surface area contributed by atoms with Crippen molar-refractivity contribution in [1.29, 1.82) is 0 Å². The van der Waals surface area contributed by atoms with Crippen molar-refractivity contribution in [3.63, 3.8) is 0 Å². The molecule has 2 aliphatic heterocycles. The summed E-state index contributed by atoms with van der Waals surface area (Å²) in [6.45, 7) is 11.2. The Morgan fingerprint density at radius 1 is 1.27 bits per heavy atom. The Balaban J connectivity index is 1.82. The molecular formula is C21H33N3O2. The van der Waals surface area contributed by atoms with E-state index in [1.165, 1.54) is 16.7 Å². The molecule has 5 heteroatoms. The maximum absolute atomic E-state index is 11.6. The second-order valence-electron chi connectivity index (χ2n) is 8.35. The van der Waals surface area contributed by atoms with Crippen LogP contribution in [-0.4, -0.2) is 30.7 Å². The number of ether oxygens (including phenoxy) is 1. The SMILES string of the molecule is CC(=O)N[C@H]1C[C@@H](C(C)C)O[C@@H](C2CNNC2c2cc(C)ccc2C)C1. The first-order valence-electron chi connectivity index (χ1n) is 9.83. The van der Waals surface area contributed by atoms with Gasteiger partial charge in [0.15, 0.2) is 0 Å². The summed E-state index contributed by atoms with van der Waals surface area (Å²) in [5.74, 6) is 0.829. The summed E-state index contributed by atoms with van der Waals surface area (Å²) in [5, 5.41) is 3.14. The predicted molar refractivity (Wildman–Crippen MR) is 104 cm³/mol. The molecule has 5 atom stereocenters. The van der Waals surface area contributed by atoms with Gasteiger partial charge in [-0.3, -0.25) is 10.2 Å². The van der Waals surface area contributed by atoms with Gasteiger partial charge >= 0.3 is 0 Å². The van der Waals surface area contributed by atoms with Crippen molar-refractivity contribution in [1.82, 2.24) is 16.2 Å². The Kier molecular flexibility index (Phi) is 6.00. The lowest BCUT2D eigenvalue weighted by molar-refractivity contribution is -0.126. The summed E-state index contributed by atoms with van der Waals surface area (Å²) < 4.78 is 6.53. The highest BCUT2D eigenvalue weighted by atomic mass is 16.5. The van der Waals surface area contributed by atoms with E-state index in [1.54, 1.807) is 6.92 Å². The van der Waals surface area contributed by atoms with Crippen molar-refractivity contribution in [2.24, 2.45) is 11.8 Å². The molecule has 2 heterocycles. The molecule has 2 fully saturated rings. The average Bonchev–Trinajstić information content (AvgIpc) is 3.05. The quantitative estimate of drug-likeness (QED) is 0.774. The van der Waals surface area contributed by atoms with E-state index in [0.29, 0.717) is 11.8 Å². The van der Waals surface area contributed by atoms with Crippen LogP contribution in [0.3, 0.4) is 0 Å². The molecule has 144 valence electrons. The lowest BCUT2D eigenvalue weighted by atomic mass is 9.82. The van der Waals surface area contributed by atoms with Gasteiger partial charge in [0.2, 0.25) is 5.91 Å². The molecule has 1 amide bonds. The van der Waals surface area contributed by atoms with Crippen LogP contribution in [0.2, 0.25) is 0 Å².